The fourth-order valence-corrected chi connectivity index (χ4v) is 6.34. The Morgan fingerprint density at radius 2 is 1.76 bits per heavy atom. The average molecular weight is 653 g/mol. The van der Waals surface area contributed by atoms with Crippen molar-refractivity contribution in [2.24, 2.45) is 0 Å². The van der Waals surface area contributed by atoms with Crippen LogP contribution in [0.2, 0.25) is 0 Å². The number of para-hydroxylation sites is 1. The van der Waals surface area contributed by atoms with Crippen LogP contribution in [-0.4, -0.2) is 67.2 Å². The van der Waals surface area contributed by atoms with Crippen molar-refractivity contribution in [3.05, 3.63) is 109 Å². The first-order chi connectivity index (χ1) is 24.1. The van der Waals surface area contributed by atoms with Crippen molar-refractivity contribution in [2.45, 2.75) is 19.3 Å². The summed E-state index contributed by atoms with van der Waals surface area (Å²) < 4.78 is 20.8. The Kier molecular flexibility index (Phi) is 8.24. The van der Waals surface area contributed by atoms with E-state index in [1.165, 1.54) is 25.0 Å². The van der Waals surface area contributed by atoms with Crippen molar-refractivity contribution in [1.82, 2.24) is 35.0 Å². The fraction of sp³-hybridized carbons (Fsp3) is 0.184. The molecule has 49 heavy (non-hydrogen) atoms. The van der Waals surface area contributed by atoms with Gasteiger partial charge in [-0.25, -0.2) is 14.4 Å². The Morgan fingerprint density at radius 1 is 0.878 bits per heavy atom. The molecular formula is C38H33FN8O2. The number of hydrogen-bond acceptors (Lipinski definition) is 7. The lowest BCUT2D eigenvalue weighted by Gasteiger charge is -2.15. The van der Waals surface area contributed by atoms with Crippen molar-refractivity contribution >= 4 is 33.7 Å². The summed E-state index contributed by atoms with van der Waals surface area (Å²) in [6.07, 6.45) is 6.01. The highest BCUT2D eigenvalue weighted by molar-refractivity contribution is 5.97. The molecule has 10 nitrogen and oxygen atoms in total. The summed E-state index contributed by atoms with van der Waals surface area (Å²) in [5, 5.41) is 10.5. The third-order valence-corrected chi connectivity index (χ3v) is 8.73. The van der Waals surface area contributed by atoms with Crippen LogP contribution in [0.3, 0.4) is 0 Å². The first kappa shape index (κ1) is 30.4. The largest absolute Gasteiger partial charge is 0.492 e. The van der Waals surface area contributed by atoms with Crippen LogP contribution in [0.4, 0.5) is 10.1 Å². The van der Waals surface area contributed by atoms with Gasteiger partial charge in [-0.2, -0.15) is 5.10 Å². The van der Waals surface area contributed by atoms with E-state index < -0.39 is 0 Å². The molecule has 3 N–H and O–H groups in total. The number of anilines is 1. The smallest absolute Gasteiger partial charge is 0.228 e. The van der Waals surface area contributed by atoms with E-state index >= 15 is 0 Å². The topological polar surface area (TPSA) is 125 Å². The third-order valence-electron chi connectivity index (χ3n) is 8.73. The van der Waals surface area contributed by atoms with Crippen molar-refractivity contribution in [3.8, 4) is 39.7 Å². The van der Waals surface area contributed by atoms with Gasteiger partial charge < -0.3 is 15.0 Å². The van der Waals surface area contributed by atoms with Gasteiger partial charge in [-0.1, -0.05) is 42.5 Å². The van der Waals surface area contributed by atoms with E-state index in [1.54, 1.807) is 12.4 Å². The molecule has 244 valence electrons. The summed E-state index contributed by atoms with van der Waals surface area (Å²) in [6, 6.07) is 25.8. The van der Waals surface area contributed by atoms with Crippen LogP contribution in [0.1, 0.15) is 18.4 Å². The number of carbonyl (C=O) groups is 1. The van der Waals surface area contributed by atoms with Crippen LogP contribution >= 0.6 is 0 Å². The van der Waals surface area contributed by atoms with Crippen LogP contribution in [0.25, 0.3) is 56.0 Å². The van der Waals surface area contributed by atoms with Crippen LogP contribution in [-0.2, 0) is 11.2 Å². The predicted octanol–water partition coefficient (Wildman–Crippen LogP) is 7.03. The van der Waals surface area contributed by atoms with E-state index in [9.17, 15) is 9.18 Å². The highest BCUT2D eigenvalue weighted by atomic mass is 19.1. The molecule has 1 fully saturated rings. The number of nitrogens with zero attached hydrogens (tertiary/aromatic N) is 5. The minimum Gasteiger partial charge on any atom is -0.492 e. The van der Waals surface area contributed by atoms with Gasteiger partial charge in [-0.3, -0.25) is 19.8 Å². The maximum atomic E-state index is 14.8. The van der Waals surface area contributed by atoms with E-state index in [1.807, 2.05) is 72.8 Å². The van der Waals surface area contributed by atoms with Gasteiger partial charge in [-0.05, 0) is 73.5 Å². The summed E-state index contributed by atoms with van der Waals surface area (Å²) in [6.45, 7) is 3.50. The van der Waals surface area contributed by atoms with Gasteiger partial charge in [0.05, 0.1) is 40.5 Å². The lowest BCUT2D eigenvalue weighted by Crippen LogP contribution is -2.25. The number of benzene rings is 3. The predicted molar refractivity (Wildman–Crippen MR) is 188 cm³/mol. The molecule has 4 aromatic heterocycles. The number of halogens is 1. The maximum Gasteiger partial charge on any atom is 0.228 e. The van der Waals surface area contributed by atoms with Crippen molar-refractivity contribution in [3.63, 3.8) is 0 Å². The van der Waals surface area contributed by atoms with Gasteiger partial charge >= 0.3 is 0 Å². The Hall–Kier alpha value is -5.94. The maximum absolute atomic E-state index is 14.8. The summed E-state index contributed by atoms with van der Waals surface area (Å²) >= 11 is 0. The van der Waals surface area contributed by atoms with Gasteiger partial charge in [0.2, 0.25) is 5.91 Å². The number of nitrogens with one attached hydrogen (secondary N) is 3. The van der Waals surface area contributed by atoms with E-state index in [0.29, 0.717) is 51.9 Å². The van der Waals surface area contributed by atoms with E-state index in [-0.39, 0.29) is 18.1 Å². The van der Waals surface area contributed by atoms with Crippen molar-refractivity contribution in [2.75, 3.05) is 31.6 Å². The first-order valence-electron chi connectivity index (χ1n) is 16.4. The standard InChI is InChI=1S/C38H33FN8O2/c39-27-18-25(20-29(21-27)49-16-15-47-13-4-5-14-47)30-9-6-10-32-35(30)44-38(43-32)37-36-33(45-46-37)12-11-31(42-36)26-19-28(23-40-22-26)41-34(48)17-24-7-2-1-3-8-24/h1-3,6-12,18-23H,4-5,13-17H2,(H,41,48)(H,43,44)(H,45,46). The summed E-state index contributed by atoms with van der Waals surface area (Å²) in [5.41, 5.74) is 7.73. The number of imidazole rings is 1. The second-order valence-electron chi connectivity index (χ2n) is 12.2. The SMILES string of the molecule is O=C(Cc1ccccc1)Nc1cncc(-c2ccc3[nH]nc(-c4nc5c(-c6cc(F)cc(OCCN7CCCC7)c6)cccc5[nH]4)c3n2)c1. The van der Waals surface area contributed by atoms with E-state index in [0.717, 1.165) is 47.4 Å². The summed E-state index contributed by atoms with van der Waals surface area (Å²) in [5.74, 6) is 0.517. The zero-order chi connectivity index (χ0) is 33.2. The van der Waals surface area contributed by atoms with Gasteiger partial charge in [0.25, 0.3) is 0 Å². The Balaban J connectivity index is 1.06. The quantitative estimate of drug-likeness (QED) is 0.145. The lowest BCUT2D eigenvalue weighted by molar-refractivity contribution is -0.115. The van der Waals surface area contributed by atoms with Crippen LogP contribution in [0.5, 0.6) is 5.75 Å². The monoisotopic (exact) mass is 652 g/mol. The van der Waals surface area contributed by atoms with Crippen molar-refractivity contribution < 1.29 is 13.9 Å². The zero-order valence-electron chi connectivity index (χ0n) is 26.6. The molecule has 0 unspecified atom stereocenters. The average Bonchev–Trinajstić information content (AvgIpc) is 3.88. The molecule has 0 bridgehead atoms. The minimum absolute atomic E-state index is 0.130. The van der Waals surface area contributed by atoms with Gasteiger partial charge in [0.15, 0.2) is 11.5 Å². The van der Waals surface area contributed by atoms with Gasteiger partial charge in [0.1, 0.15) is 23.7 Å². The van der Waals surface area contributed by atoms with Crippen LogP contribution < -0.4 is 10.1 Å². The Bertz CT molecular complexity index is 2280. The first-order valence-corrected chi connectivity index (χ1v) is 16.4. The number of rotatable bonds is 10. The number of aromatic nitrogens is 6. The number of pyridine rings is 2. The van der Waals surface area contributed by atoms with Gasteiger partial charge in [-0.15, -0.1) is 0 Å². The highest BCUT2D eigenvalue weighted by Gasteiger charge is 2.18. The molecule has 5 heterocycles. The molecular weight excluding hydrogens is 619 g/mol. The van der Waals surface area contributed by atoms with Crippen molar-refractivity contribution in [1.29, 1.82) is 0 Å². The minimum atomic E-state index is -0.370. The number of carbonyl (C=O) groups excluding carboxylic acids is 1. The van der Waals surface area contributed by atoms with E-state index in [4.69, 9.17) is 14.7 Å². The second kappa shape index (κ2) is 13.3. The van der Waals surface area contributed by atoms with Crippen LogP contribution in [0, 0.1) is 5.82 Å². The second-order valence-corrected chi connectivity index (χ2v) is 12.2. The molecule has 1 saturated heterocycles. The molecule has 0 atom stereocenters. The molecule has 3 aromatic carbocycles. The molecule has 11 heteroatoms. The number of hydrogen-bond donors (Lipinski definition) is 3. The molecule has 0 aliphatic carbocycles. The zero-order valence-corrected chi connectivity index (χ0v) is 26.6. The molecule has 0 saturated carbocycles. The fourth-order valence-electron chi connectivity index (χ4n) is 6.34. The van der Waals surface area contributed by atoms with Gasteiger partial charge in [0, 0.05) is 29.9 Å². The number of ether oxygens (including phenoxy) is 1. The molecule has 7 aromatic rings. The molecule has 1 aliphatic heterocycles. The van der Waals surface area contributed by atoms with E-state index in [2.05, 4.69) is 30.4 Å². The highest BCUT2D eigenvalue weighted by Crippen LogP contribution is 2.34. The molecule has 0 spiro atoms. The molecule has 1 amide bonds. The number of amides is 1. The number of aromatic amines is 2. The Labute approximate surface area is 281 Å². The molecule has 0 radical (unpaired) electrons. The summed E-state index contributed by atoms with van der Waals surface area (Å²) in [7, 11) is 0. The molecule has 8 rings (SSSR count). The third kappa shape index (κ3) is 6.61. The Morgan fingerprint density at radius 3 is 2.63 bits per heavy atom. The normalized spacial score (nSPS) is 13.3. The number of likely N-dealkylation sites (tertiary alicyclic amines) is 1. The van der Waals surface area contributed by atoms with Crippen LogP contribution in [0.15, 0.2) is 97.3 Å². The lowest BCUT2D eigenvalue weighted by atomic mass is 10.0. The number of H-pyrrole nitrogens is 2. The number of fused-ring (bicyclic) bond motifs is 2. The summed E-state index contributed by atoms with van der Waals surface area (Å²) in [4.78, 5) is 32.6. The molecule has 1 aliphatic rings.